The summed E-state index contributed by atoms with van der Waals surface area (Å²) in [6, 6.07) is 19.1. The number of amides is 2. The maximum atomic E-state index is 13.5. The van der Waals surface area contributed by atoms with Crippen molar-refractivity contribution in [3.05, 3.63) is 78.1 Å². The Bertz CT molecular complexity index is 1580. The molecule has 2 fully saturated rings. The van der Waals surface area contributed by atoms with Gasteiger partial charge in [-0.3, -0.25) is 9.59 Å². The molecule has 3 aromatic carbocycles. The van der Waals surface area contributed by atoms with E-state index in [1.165, 1.54) is 23.9 Å². The van der Waals surface area contributed by atoms with Gasteiger partial charge in [-0.05, 0) is 55.3 Å². The molecule has 1 aromatic heterocycles. The average molecular weight is 532 g/mol. The van der Waals surface area contributed by atoms with Gasteiger partial charge < -0.3 is 19.5 Å². The summed E-state index contributed by atoms with van der Waals surface area (Å²) in [7, 11) is 0. The molecular weight excluding hydrogens is 505 g/mol. The zero-order valence-electron chi connectivity index (χ0n) is 20.8. The van der Waals surface area contributed by atoms with E-state index in [9.17, 15) is 18.8 Å². The summed E-state index contributed by atoms with van der Waals surface area (Å²) >= 11 is 1.48. The maximum Gasteiger partial charge on any atom is 0.330 e. The Kier molecular flexibility index (Phi) is 6.10. The van der Waals surface area contributed by atoms with Crippen molar-refractivity contribution >= 4 is 57.0 Å². The molecule has 2 saturated heterocycles. The SMILES string of the molecule is CCn1c2ccccc2c2cc(NC(=O)COC(=O)[C@H]3CS[C@@]4(c5ccc(F)cc5)CCC(=O)N34)ccc21. The van der Waals surface area contributed by atoms with E-state index in [1.54, 1.807) is 17.0 Å². The molecule has 6 rings (SSSR count). The summed E-state index contributed by atoms with van der Waals surface area (Å²) in [5, 5.41) is 4.95. The number of esters is 1. The lowest BCUT2D eigenvalue weighted by Gasteiger charge is -2.33. The number of hydrogen-bond donors (Lipinski definition) is 1. The number of aromatic nitrogens is 1. The van der Waals surface area contributed by atoms with Crippen LogP contribution in [0.15, 0.2) is 66.7 Å². The van der Waals surface area contributed by atoms with Gasteiger partial charge >= 0.3 is 5.97 Å². The summed E-state index contributed by atoms with van der Waals surface area (Å²) in [6.07, 6.45) is 0.828. The summed E-state index contributed by atoms with van der Waals surface area (Å²) in [5.74, 6) is -1.23. The fraction of sp³-hybridized carbons (Fsp3) is 0.276. The first-order chi connectivity index (χ1) is 18.4. The van der Waals surface area contributed by atoms with Gasteiger partial charge in [0.05, 0.1) is 0 Å². The number of rotatable bonds is 6. The smallest absolute Gasteiger partial charge is 0.330 e. The Morgan fingerprint density at radius 1 is 1.08 bits per heavy atom. The first-order valence-electron chi connectivity index (χ1n) is 12.6. The van der Waals surface area contributed by atoms with Crippen LogP contribution in [0.1, 0.15) is 25.3 Å². The van der Waals surface area contributed by atoms with E-state index in [0.717, 1.165) is 33.9 Å². The number of aryl methyl sites for hydroxylation is 1. The highest BCUT2D eigenvalue weighted by Gasteiger charge is 2.57. The molecule has 1 N–H and O–H groups in total. The highest BCUT2D eigenvalue weighted by Crippen LogP contribution is 2.54. The fourth-order valence-electron chi connectivity index (χ4n) is 5.73. The van der Waals surface area contributed by atoms with E-state index >= 15 is 0 Å². The summed E-state index contributed by atoms with van der Waals surface area (Å²) in [4.78, 5) is 39.3. The van der Waals surface area contributed by atoms with Crippen LogP contribution < -0.4 is 5.32 Å². The second-order valence-corrected chi connectivity index (χ2v) is 10.8. The Labute approximate surface area is 222 Å². The van der Waals surface area contributed by atoms with Crippen LogP contribution in [0.25, 0.3) is 21.8 Å². The van der Waals surface area contributed by atoms with Gasteiger partial charge in [-0.1, -0.05) is 30.3 Å². The second-order valence-electron chi connectivity index (χ2n) is 9.53. The summed E-state index contributed by atoms with van der Waals surface area (Å²) in [6.45, 7) is 2.46. The van der Waals surface area contributed by atoms with Crippen molar-refractivity contribution in [2.45, 2.75) is 37.2 Å². The van der Waals surface area contributed by atoms with Crippen LogP contribution >= 0.6 is 11.8 Å². The van der Waals surface area contributed by atoms with E-state index in [-0.39, 0.29) is 11.7 Å². The number of benzene rings is 3. The zero-order chi connectivity index (χ0) is 26.4. The molecule has 9 heteroatoms. The molecule has 0 radical (unpaired) electrons. The van der Waals surface area contributed by atoms with Crippen LogP contribution in [-0.4, -0.2) is 45.7 Å². The molecular formula is C29H26FN3O4S. The van der Waals surface area contributed by atoms with Crippen molar-refractivity contribution in [1.82, 2.24) is 9.47 Å². The lowest BCUT2D eigenvalue weighted by Crippen LogP contribution is -2.47. The number of thioether (sulfide) groups is 1. The van der Waals surface area contributed by atoms with Gasteiger partial charge in [-0.2, -0.15) is 0 Å². The molecule has 194 valence electrons. The van der Waals surface area contributed by atoms with Gasteiger partial charge in [-0.25, -0.2) is 9.18 Å². The first kappa shape index (κ1) is 24.5. The minimum atomic E-state index is -0.802. The number of para-hydroxylation sites is 1. The van der Waals surface area contributed by atoms with Crippen molar-refractivity contribution < 1.29 is 23.5 Å². The molecule has 7 nitrogen and oxygen atoms in total. The zero-order valence-corrected chi connectivity index (χ0v) is 21.6. The quantitative estimate of drug-likeness (QED) is 0.353. The van der Waals surface area contributed by atoms with Crippen molar-refractivity contribution in [3.63, 3.8) is 0 Å². The van der Waals surface area contributed by atoms with Crippen LogP contribution in [0, 0.1) is 5.82 Å². The highest BCUT2D eigenvalue weighted by molar-refractivity contribution is 8.00. The molecule has 2 aliphatic heterocycles. The van der Waals surface area contributed by atoms with Gasteiger partial charge in [0.15, 0.2) is 6.61 Å². The summed E-state index contributed by atoms with van der Waals surface area (Å²) < 4.78 is 21.1. The van der Waals surface area contributed by atoms with Crippen LogP contribution in [0.3, 0.4) is 0 Å². The van der Waals surface area contributed by atoms with E-state index in [2.05, 4.69) is 28.9 Å². The third-order valence-corrected chi connectivity index (χ3v) is 9.01. The molecule has 4 aromatic rings. The average Bonchev–Trinajstić information content (AvgIpc) is 3.58. The molecule has 0 bridgehead atoms. The van der Waals surface area contributed by atoms with E-state index in [4.69, 9.17) is 4.74 Å². The van der Waals surface area contributed by atoms with Gasteiger partial charge in [-0.15, -0.1) is 11.8 Å². The van der Waals surface area contributed by atoms with Crippen molar-refractivity contribution in [2.24, 2.45) is 0 Å². The lowest BCUT2D eigenvalue weighted by atomic mass is 10.0. The van der Waals surface area contributed by atoms with E-state index in [0.29, 0.717) is 24.3 Å². The van der Waals surface area contributed by atoms with Crippen LogP contribution in [0.4, 0.5) is 10.1 Å². The Hall–Kier alpha value is -3.85. The van der Waals surface area contributed by atoms with Gasteiger partial charge in [0.25, 0.3) is 5.91 Å². The largest absolute Gasteiger partial charge is 0.454 e. The predicted octanol–water partition coefficient (Wildman–Crippen LogP) is 5.03. The normalized spacial score (nSPS) is 20.7. The predicted molar refractivity (Wildman–Crippen MR) is 145 cm³/mol. The van der Waals surface area contributed by atoms with Crippen molar-refractivity contribution in [1.29, 1.82) is 0 Å². The van der Waals surface area contributed by atoms with Crippen LogP contribution in [-0.2, 0) is 30.5 Å². The van der Waals surface area contributed by atoms with Crippen LogP contribution in [0.5, 0.6) is 0 Å². The lowest BCUT2D eigenvalue weighted by molar-refractivity contribution is -0.155. The number of carbonyl (C=O) groups is 3. The third-order valence-electron chi connectivity index (χ3n) is 7.41. The monoisotopic (exact) mass is 531 g/mol. The molecule has 2 aliphatic rings. The Morgan fingerprint density at radius 3 is 2.63 bits per heavy atom. The number of anilines is 1. The number of fused-ring (bicyclic) bond motifs is 4. The van der Waals surface area contributed by atoms with Gasteiger partial charge in [0.1, 0.15) is 16.7 Å². The molecule has 0 aliphatic carbocycles. The molecule has 2 amide bonds. The summed E-state index contributed by atoms with van der Waals surface area (Å²) in [5.41, 5.74) is 3.60. The third kappa shape index (κ3) is 3.93. The number of carbonyl (C=O) groups excluding carboxylic acids is 3. The first-order valence-corrected chi connectivity index (χ1v) is 13.6. The topological polar surface area (TPSA) is 80.6 Å². The van der Waals surface area contributed by atoms with Crippen LogP contribution in [0.2, 0.25) is 0 Å². The molecule has 0 unspecified atom stereocenters. The fourth-order valence-corrected chi connectivity index (χ4v) is 7.37. The standard InChI is InChI=1S/C29H26FN3O4S/c1-2-32-23-6-4-3-5-21(23)22-15-20(11-12-24(22)32)31-26(34)16-37-28(36)25-17-38-29(14-13-27(35)33(25)29)18-7-9-19(30)10-8-18/h3-12,15,25H,2,13-14,16-17H2,1H3,(H,31,34)/t25-,29-/m1/s1. The number of nitrogens with one attached hydrogen (secondary N) is 1. The van der Waals surface area contributed by atoms with E-state index < -0.39 is 29.4 Å². The number of ether oxygens (including phenoxy) is 1. The van der Waals surface area contributed by atoms with Crippen molar-refractivity contribution in [2.75, 3.05) is 17.7 Å². The minimum Gasteiger partial charge on any atom is -0.454 e. The van der Waals surface area contributed by atoms with E-state index in [1.807, 2.05) is 30.3 Å². The second kappa shape index (κ2) is 9.47. The maximum absolute atomic E-state index is 13.5. The number of hydrogen-bond acceptors (Lipinski definition) is 5. The van der Waals surface area contributed by atoms with Gasteiger partial charge in [0, 0.05) is 46.2 Å². The number of nitrogens with zero attached hydrogens (tertiary/aromatic N) is 2. The minimum absolute atomic E-state index is 0.148. The molecule has 0 spiro atoms. The number of halogens is 1. The Balaban J connectivity index is 1.14. The highest BCUT2D eigenvalue weighted by atomic mass is 32.2. The van der Waals surface area contributed by atoms with Gasteiger partial charge in [0.2, 0.25) is 5.91 Å². The molecule has 38 heavy (non-hydrogen) atoms. The Morgan fingerprint density at radius 2 is 1.84 bits per heavy atom. The molecule has 2 atom stereocenters. The molecule has 3 heterocycles. The molecule has 0 saturated carbocycles. The van der Waals surface area contributed by atoms with Crippen molar-refractivity contribution in [3.8, 4) is 0 Å².